The number of amides is 1. The summed E-state index contributed by atoms with van der Waals surface area (Å²) in [5, 5.41) is 0. The Kier molecular flexibility index (Phi) is 5.14. The number of likely N-dealkylation sites (tertiary alicyclic amines) is 1. The molecule has 1 amide bonds. The molecule has 2 aliphatic rings. The fourth-order valence-corrected chi connectivity index (χ4v) is 4.16. The molecule has 120 valence electrons. The summed E-state index contributed by atoms with van der Waals surface area (Å²) >= 11 is 0. The van der Waals surface area contributed by atoms with Crippen LogP contribution in [-0.2, 0) is 4.79 Å². The molecule has 1 heterocycles. The van der Waals surface area contributed by atoms with Crippen molar-refractivity contribution in [2.24, 2.45) is 17.6 Å². The van der Waals surface area contributed by atoms with Crippen LogP contribution in [0, 0.1) is 11.8 Å². The maximum atomic E-state index is 12.6. The zero-order chi connectivity index (χ0) is 15.4. The number of carbonyl (C=O) groups excluding carboxylic acids is 1. The number of rotatable bonds is 4. The van der Waals surface area contributed by atoms with Crippen LogP contribution in [0.5, 0.6) is 0 Å². The van der Waals surface area contributed by atoms with Crippen molar-refractivity contribution in [1.29, 1.82) is 0 Å². The summed E-state index contributed by atoms with van der Waals surface area (Å²) in [7, 11) is 0. The molecule has 1 saturated carbocycles. The third-order valence-corrected chi connectivity index (χ3v) is 5.51. The second kappa shape index (κ2) is 7.28. The number of carbonyl (C=O) groups is 1. The van der Waals surface area contributed by atoms with Gasteiger partial charge in [-0.05, 0) is 36.8 Å². The highest BCUT2D eigenvalue weighted by Crippen LogP contribution is 2.34. The molecule has 0 bridgehead atoms. The second-order valence-corrected chi connectivity index (χ2v) is 7.02. The van der Waals surface area contributed by atoms with Crippen LogP contribution in [0.15, 0.2) is 30.3 Å². The van der Waals surface area contributed by atoms with Crippen LogP contribution in [-0.4, -0.2) is 30.4 Å². The minimum atomic E-state index is 0.351. The highest BCUT2D eigenvalue weighted by atomic mass is 16.2. The Morgan fingerprint density at radius 2 is 1.82 bits per heavy atom. The smallest absolute Gasteiger partial charge is 0.222 e. The quantitative estimate of drug-likeness (QED) is 0.928. The van der Waals surface area contributed by atoms with E-state index in [0.717, 1.165) is 19.5 Å². The van der Waals surface area contributed by atoms with Crippen LogP contribution in [0.2, 0.25) is 0 Å². The average Bonchev–Trinajstić information content (AvgIpc) is 3.01. The summed E-state index contributed by atoms with van der Waals surface area (Å²) in [5.41, 5.74) is 7.30. The summed E-state index contributed by atoms with van der Waals surface area (Å²) in [6, 6.07) is 10.5. The van der Waals surface area contributed by atoms with Gasteiger partial charge in [-0.15, -0.1) is 0 Å². The Bertz CT molecular complexity index is 481. The molecule has 3 heteroatoms. The van der Waals surface area contributed by atoms with Gasteiger partial charge in [0.25, 0.3) is 0 Å². The first-order valence-electron chi connectivity index (χ1n) is 8.80. The Hall–Kier alpha value is -1.35. The Morgan fingerprint density at radius 3 is 2.50 bits per heavy atom. The largest absolute Gasteiger partial charge is 0.342 e. The highest BCUT2D eigenvalue weighted by molar-refractivity contribution is 5.77. The SMILES string of the molecule is NC[C@@H]1CN(C(=O)CC2CCCCC2)C[C@H]1c1ccccc1. The van der Waals surface area contributed by atoms with Gasteiger partial charge in [-0.3, -0.25) is 4.79 Å². The molecule has 2 atom stereocenters. The van der Waals surface area contributed by atoms with Gasteiger partial charge in [0.1, 0.15) is 0 Å². The summed E-state index contributed by atoms with van der Waals surface area (Å²) in [6.45, 7) is 2.34. The molecule has 1 aliphatic heterocycles. The molecular weight excluding hydrogens is 272 g/mol. The molecule has 0 aromatic heterocycles. The zero-order valence-corrected chi connectivity index (χ0v) is 13.4. The van der Waals surface area contributed by atoms with E-state index in [2.05, 4.69) is 29.2 Å². The molecule has 1 aromatic carbocycles. The zero-order valence-electron chi connectivity index (χ0n) is 13.4. The van der Waals surface area contributed by atoms with E-state index in [-0.39, 0.29) is 0 Å². The molecule has 3 rings (SSSR count). The summed E-state index contributed by atoms with van der Waals surface area (Å²) in [6.07, 6.45) is 7.18. The van der Waals surface area contributed by atoms with Crippen LogP contribution in [0.4, 0.5) is 0 Å². The van der Waals surface area contributed by atoms with Crippen molar-refractivity contribution in [1.82, 2.24) is 4.90 Å². The molecule has 2 fully saturated rings. The van der Waals surface area contributed by atoms with Crippen LogP contribution in [0.1, 0.15) is 50.0 Å². The number of hydrogen-bond donors (Lipinski definition) is 1. The number of nitrogens with two attached hydrogens (primary N) is 1. The van der Waals surface area contributed by atoms with Crippen molar-refractivity contribution in [3.05, 3.63) is 35.9 Å². The lowest BCUT2D eigenvalue weighted by Gasteiger charge is -2.24. The number of nitrogens with zero attached hydrogens (tertiary/aromatic N) is 1. The highest BCUT2D eigenvalue weighted by Gasteiger charge is 2.35. The van der Waals surface area contributed by atoms with Crippen molar-refractivity contribution < 1.29 is 4.79 Å². The minimum Gasteiger partial charge on any atom is -0.342 e. The third kappa shape index (κ3) is 3.52. The topological polar surface area (TPSA) is 46.3 Å². The Balaban J connectivity index is 1.62. The van der Waals surface area contributed by atoms with Gasteiger partial charge in [0.2, 0.25) is 5.91 Å². The molecular formula is C19H28N2O. The van der Waals surface area contributed by atoms with Crippen molar-refractivity contribution in [2.45, 2.75) is 44.4 Å². The van der Waals surface area contributed by atoms with E-state index in [4.69, 9.17) is 5.73 Å². The summed E-state index contributed by atoms with van der Waals surface area (Å²) in [5.74, 6) is 1.77. The fourth-order valence-electron chi connectivity index (χ4n) is 4.16. The van der Waals surface area contributed by atoms with Crippen LogP contribution < -0.4 is 5.73 Å². The van der Waals surface area contributed by atoms with E-state index in [1.807, 2.05) is 6.07 Å². The van der Waals surface area contributed by atoms with Crippen LogP contribution >= 0.6 is 0 Å². The lowest BCUT2D eigenvalue weighted by atomic mass is 9.86. The molecule has 3 nitrogen and oxygen atoms in total. The molecule has 22 heavy (non-hydrogen) atoms. The maximum Gasteiger partial charge on any atom is 0.222 e. The van der Waals surface area contributed by atoms with Crippen molar-refractivity contribution in [2.75, 3.05) is 19.6 Å². The van der Waals surface area contributed by atoms with E-state index in [0.29, 0.717) is 30.2 Å². The van der Waals surface area contributed by atoms with Gasteiger partial charge in [-0.2, -0.15) is 0 Å². The van der Waals surface area contributed by atoms with E-state index in [1.165, 1.54) is 37.7 Å². The van der Waals surface area contributed by atoms with Gasteiger partial charge in [-0.25, -0.2) is 0 Å². The van der Waals surface area contributed by atoms with E-state index in [1.54, 1.807) is 0 Å². The molecule has 1 aromatic rings. The van der Waals surface area contributed by atoms with Gasteiger partial charge >= 0.3 is 0 Å². The first-order chi connectivity index (χ1) is 10.8. The normalized spacial score (nSPS) is 26.3. The second-order valence-electron chi connectivity index (χ2n) is 7.02. The lowest BCUT2D eigenvalue weighted by molar-refractivity contribution is -0.131. The molecule has 1 aliphatic carbocycles. The predicted molar refractivity (Wildman–Crippen MR) is 89.5 cm³/mol. The molecule has 0 spiro atoms. The van der Waals surface area contributed by atoms with E-state index in [9.17, 15) is 4.79 Å². The Morgan fingerprint density at radius 1 is 1.09 bits per heavy atom. The molecule has 0 unspecified atom stereocenters. The van der Waals surface area contributed by atoms with Crippen LogP contribution in [0.3, 0.4) is 0 Å². The van der Waals surface area contributed by atoms with Crippen molar-refractivity contribution in [3.63, 3.8) is 0 Å². The summed E-state index contributed by atoms with van der Waals surface area (Å²) in [4.78, 5) is 14.7. The number of hydrogen-bond acceptors (Lipinski definition) is 2. The predicted octanol–water partition coefficient (Wildman–Crippen LogP) is 3.16. The maximum absolute atomic E-state index is 12.6. The van der Waals surface area contributed by atoms with Gasteiger partial charge < -0.3 is 10.6 Å². The van der Waals surface area contributed by atoms with Crippen molar-refractivity contribution >= 4 is 5.91 Å². The van der Waals surface area contributed by atoms with E-state index < -0.39 is 0 Å². The standard InChI is InChI=1S/C19H28N2O/c20-12-17-13-21(14-18(17)16-9-5-2-6-10-16)19(22)11-15-7-3-1-4-8-15/h2,5-6,9-10,15,17-18H,1,3-4,7-8,11-14,20H2/t17-,18+/m1/s1. The molecule has 0 radical (unpaired) electrons. The van der Waals surface area contributed by atoms with Crippen molar-refractivity contribution in [3.8, 4) is 0 Å². The van der Waals surface area contributed by atoms with E-state index >= 15 is 0 Å². The van der Waals surface area contributed by atoms with Gasteiger partial charge in [0.15, 0.2) is 0 Å². The lowest BCUT2D eigenvalue weighted by Crippen LogP contribution is -2.31. The minimum absolute atomic E-state index is 0.351. The average molecular weight is 300 g/mol. The summed E-state index contributed by atoms with van der Waals surface area (Å²) < 4.78 is 0. The third-order valence-electron chi connectivity index (χ3n) is 5.51. The monoisotopic (exact) mass is 300 g/mol. The molecule has 2 N–H and O–H groups in total. The molecule has 1 saturated heterocycles. The first-order valence-corrected chi connectivity index (χ1v) is 8.80. The first kappa shape index (κ1) is 15.5. The fraction of sp³-hybridized carbons (Fsp3) is 0.632. The number of benzene rings is 1. The van der Waals surface area contributed by atoms with Gasteiger partial charge in [0.05, 0.1) is 0 Å². The van der Waals surface area contributed by atoms with Gasteiger partial charge in [0, 0.05) is 25.4 Å². The van der Waals surface area contributed by atoms with Crippen LogP contribution in [0.25, 0.3) is 0 Å². The van der Waals surface area contributed by atoms with Gasteiger partial charge in [-0.1, -0.05) is 49.6 Å². The Labute approximate surface area is 133 Å².